The van der Waals surface area contributed by atoms with Gasteiger partial charge in [-0.3, -0.25) is 4.79 Å². The third-order valence-electron chi connectivity index (χ3n) is 4.17. The van der Waals surface area contributed by atoms with Crippen molar-refractivity contribution < 1.29 is 9.53 Å². The number of benzene rings is 1. The van der Waals surface area contributed by atoms with E-state index in [1.54, 1.807) is 0 Å². The maximum Gasteiger partial charge on any atom is 0.224 e. The highest BCUT2D eigenvalue weighted by Crippen LogP contribution is 2.21. The van der Waals surface area contributed by atoms with Crippen LogP contribution in [0.1, 0.15) is 35.1 Å². The molecule has 0 amide bonds. The minimum Gasteiger partial charge on any atom is -0.469 e. The normalized spacial score (nSPS) is 11.0. The molecular formula is C19H21N3O2. The maximum absolute atomic E-state index is 12.6. The first-order valence-corrected chi connectivity index (χ1v) is 8.14. The van der Waals surface area contributed by atoms with E-state index in [4.69, 9.17) is 4.74 Å². The molecule has 0 unspecified atom stereocenters. The highest BCUT2D eigenvalue weighted by atomic mass is 16.5. The van der Waals surface area contributed by atoms with Crippen LogP contribution in [0.3, 0.4) is 0 Å². The molecule has 2 aromatic heterocycles. The van der Waals surface area contributed by atoms with Crippen LogP contribution in [-0.2, 0) is 6.54 Å². The number of hydrogen-bond acceptors (Lipinski definition) is 4. The van der Waals surface area contributed by atoms with Gasteiger partial charge in [0.2, 0.25) is 11.7 Å². The summed E-state index contributed by atoms with van der Waals surface area (Å²) in [5, 5.41) is 0.809. The van der Waals surface area contributed by atoms with E-state index in [2.05, 4.69) is 21.5 Å². The summed E-state index contributed by atoms with van der Waals surface area (Å²) in [7, 11) is 0. The number of aromatic nitrogens is 3. The average Bonchev–Trinajstić information content (AvgIpc) is 2.88. The van der Waals surface area contributed by atoms with E-state index in [9.17, 15) is 4.79 Å². The molecular weight excluding hydrogens is 302 g/mol. The van der Waals surface area contributed by atoms with Gasteiger partial charge in [-0.2, -0.15) is 0 Å². The second kappa shape index (κ2) is 6.83. The number of hydrogen-bond donors (Lipinski definition) is 0. The van der Waals surface area contributed by atoms with Gasteiger partial charge in [-0.15, -0.1) is 0 Å². The van der Waals surface area contributed by atoms with Gasteiger partial charge in [-0.05, 0) is 38.5 Å². The number of ether oxygens (including phenoxy) is 1. The zero-order valence-electron chi connectivity index (χ0n) is 14.2. The molecule has 0 bridgehead atoms. The fraction of sp³-hybridized carbons (Fsp3) is 0.316. The number of carbonyl (C=O) groups is 1. The molecule has 0 radical (unpaired) electrons. The SMILES string of the molecule is CCCn1c(C)cc(C(=O)COc2ncnc3ccccc23)c1C. The number of Topliss-reactive ketones (excluding diaryl/α,β-unsaturated/α-hetero) is 1. The Kier molecular flexibility index (Phi) is 4.60. The predicted octanol–water partition coefficient (Wildman–Crippen LogP) is 3.72. The lowest BCUT2D eigenvalue weighted by atomic mass is 10.1. The van der Waals surface area contributed by atoms with Crippen LogP contribution in [0.4, 0.5) is 0 Å². The first-order chi connectivity index (χ1) is 11.6. The average molecular weight is 323 g/mol. The van der Waals surface area contributed by atoms with E-state index in [0.717, 1.165) is 40.8 Å². The van der Waals surface area contributed by atoms with Crippen LogP contribution in [0.25, 0.3) is 10.9 Å². The zero-order valence-corrected chi connectivity index (χ0v) is 14.2. The highest BCUT2D eigenvalue weighted by Gasteiger charge is 2.16. The third-order valence-corrected chi connectivity index (χ3v) is 4.17. The molecule has 0 spiro atoms. The second-order valence-corrected chi connectivity index (χ2v) is 5.84. The quantitative estimate of drug-likeness (QED) is 0.649. The Balaban J connectivity index is 1.79. The minimum absolute atomic E-state index is 0.0303. The van der Waals surface area contributed by atoms with Crippen LogP contribution in [0, 0.1) is 13.8 Å². The van der Waals surface area contributed by atoms with Crippen molar-refractivity contribution in [2.75, 3.05) is 6.61 Å². The Bertz CT molecular complexity index is 878. The summed E-state index contributed by atoms with van der Waals surface area (Å²) in [5.41, 5.74) is 3.62. The Morgan fingerprint density at radius 3 is 2.79 bits per heavy atom. The topological polar surface area (TPSA) is 57.0 Å². The second-order valence-electron chi connectivity index (χ2n) is 5.84. The molecule has 0 aliphatic carbocycles. The van der Waals surface area contributed by atoms with Gasteiger partial charge in [0.1, 0.15) is 6.33 Å². The Hall–Kier alpha value is -2.69. The van der Waals surface area contributed by atoms with Gasteiger partial charge in [0.05, 0.1) is 10.9 Å². The van der Waals surface area contributed by atoms with Gasteiger partial charge in [-0.1, -0.05) is 19.1 Å². The van der Waals surface area contributed by atoms with Crippen LogP contribution in [0.2, 0.25) is 0 Å². The lowest BCUT2D eigenvalue weighted by Crippen LogP contribution is -2.13. The van der Waals surface area contributed by atoms with Crippen molar-refractivity contribution in [1.29, 1.82) is 0 Å². The zero-order chi connectivity index (χ0) is 17.1. The summed E-state index contributed by atoms with van der Waals surface area (Å²) in [4.78, 5) is 20.9. The maximum atomic E-state index is 12.6. The van der Waals surface area contributed by atoms with Crippen molar-refractivity contribution in [2.45, 2.75) is 33.7 Å². The molecule has 1 aromatic carbocycles. The molecule has 3 aromatic rings. The van der Waals surface area contributed by atoms with Crippen LogP contribution < -0.4 is 4.74 Å². The van der Waals surface area contributed by atoms with E-state index < -0.39 is 0 Å². The van der Waals surface area contributed by atoms with Gasteiger partial charge < -0.3 is 9.30 Å². The Morgan fingerprint density at radius 2 is 2.00 bits per heavy atom. The van der Waals surface area contributed by atoms with Crippen molar-refractivity contribution >= 4 is 16.7 Å². The molecule has 5 heteroatoms. The molecule has 5 nitrogen and oxygen atoms in total. The number of nitrogens with zero attached hydrogens (tertiary/aromatic N) is 3. The highest BCUT2D eigenvalue weighted by molar-refractivity contribution is 5.98. The monoisotopic (exact) mass is 323 g/mol. The largest absolute Gasteiger partial charge is 0.469 e. The van der Waals surface area contributed by atoms with E-state index in [1.807, 2.05) is 44.2 Å². The number of ketones is 1. The molecule has 0 aliphatic heterocycles. The van der Waals surface area contributed by atoms with Crippen molar-refractivity contribution in [3.63, 3.8) is 0 Å². The molecule has 0 saturated heterocycles. The summed E-state index contributed by atoms with van der Waals surface area (Å²) in [5.74, 6) is 0.407. The van der Waals surface area contributed by atoms with Gasteiger partial charge >= 0.3 is 0 Å². The molecule has 0 atom stereocenters. The van der Waals surface area contributed by atoms with Crippen molar-refractivity contribution in [2.24, 2.45) is 0 Å². The van der Waals surface area contributed by atoms with Gasteiger partial charge in [0.25, 0.3) is 0 Å². The summed E-state index contributed by atoms with van der Waals surface area (Å²) in [6.07, 6.45) is 2.49. The Morgan fingerprint density at radius 1 is 1.21 bits per heavy atom. The third kappa shape index (κ3) is 3.02. The standard InChI is InChI=1S/C19H21N3O2/c1-4-9-22-13(2)10-16(14(22)3)18(23)11-24-19-15-7-5-6-8-17(15)20-12-21-19/h5-8,10,12H,4,9,11H2,1-3H3. The van der Waals surface area contributed by atoms with Crippen molar-refractivity contribution in [3.05, 3.63) is 53.6 Å². The number of rotatable bonds is 6. The predicted molar refractivity (Wildman–Crippen MR) is 93.6 cm³/mol. The van der Waals surface area contributed by atoms with E-state index in [-0.39, 0.29) is 12.4 Å². The summed E-state index contributed by atoms with van der Waals surface area (Å²) in [6.45, 7) is 7.03. The van der Waals surface area contributed by atoms with Gasteiger partial charge in [0.15, 0.2) is 6.61 Å². The minimum atomic E-state index is -0.0341. The molecule has 0 aliphatic rings. The van der Waals surface area contributed by atoms with Gasteiger partial charge in [-0.25, -0.2) is 9.97 Å². The summed E-state index contributed by atoms with van der Waals surface area (Å²) >= 11 is 0. The Labute approximate surface area is 141 Å². The lowest BCUT2D eigenvalue weighted by Gasteiger charge is -2.09. The molecule has 0 fully saturated rings. The van der Waals surface area contributed by atoms with Crippen molar-refractivity contribution in [3.8, 4) is 5.88 Å². The first kappa shape index (κ1) is 16.2. The smallest absolute Gasteiger partial charge is 0.224 e. The van der Waals surface area contributed by atoms with Gasteiger partial charge in [0, 0.05) is 23.5 Å². The molecule has 3 rings (SSSR count). The van der Waals surface area contributed by atoms with Crippen molar-refractivity contribution in [1.82, 2.24) is 14.5 Å². The number of carbonyl (C=O) groups excluding carboxylic acids is 1. The summed E-state index contributed by atoms with van der Waals surface area (Å²) < 4.78 is 7.86. The fourth-order valence-corrected chi connectivity index (χ4v) is 2.96. The summed E-state index contributed by atoms with van der Waals surface area (Å²) in [6, 6.07) is 9.53. The number of aryl methyl sites for hydroxylation is 1. The molecule has 2 heterocycles. The van der Waals surface area contributed by atoms with E-state index in [0.29, 0.717) is 5.88 Å². The lowest BCUT2D eigenvalue weighted by molar-refractivity contribution is 0.0918. The van der Waals surface area contributed by atoms with E-state index >= 15 is 0 Å². The van der Waals surface area contributed by atoms with Crippen LogP contribution in [-0.4, -0.2) is 26.9 Å². The molecule has 124 valence electrons. The fourth-order valence-electron chi connectivity index (χ4n) is 2.96. The first-order valence-electron chi connectivity index (χ1n) is 8.14. The van der Waals surface area contributed by atoms with Crippen LogP contribution >= 0.6 is 0 Å². The van der Waals surface area contributed by atoms with Crippen LogP contribution in [0.5, 0.6) is 5.88 Å². The number of fused-ring (bicyclic) bond motifs is 1. The molecule has 24 heavy (non-hydrogen) atoms. The molecule has 0 saturated carbocycles. The number of para-hydroxylation sites is 1. The van der Waals surface area contributed by atoms with Crippen LogP contribution in [0.15, 0.2) is 36.7 Å². The molecule has 0 N–H and O–H groups in total. The van der Waals surface area contributed by atoms with E-state index in [1.165, 1.54) is 6.33 Å².